The summed E-state index contributed by atoms with van der Waals surface area (Å²) < 4.78 is 68.0. The van der Waals surface area contributed by atoms with Gasteiger partial charge in [-0.25, -0.2) is 21.6 Å². The van der Waals surface area contributed by atoms with Crippen LogP contribution >= 0.6 is 23.2 Å². The van der Waals surface area contributed by atoms with Crippen LogP contribution in [0.2, 0.25) is 10.0 Å². The molecule has 3 heterocycles. The summed E-state index contributed by atoms with van der Waals surface area (Å²) in [6, 6.07) is 16.9. The van der Waals surface area contributed by atoms with Gasteiger partial charge in [-0.3, -0.25) is 20.3 Å². The maximum atomic E-state index is 15.4. The molecule has 17 heteroatoms. The molecule has 3 aliphatic heterocycles. The lowest BCUT2D eigenvalue weighted by Crippen LogP contribution is -2.62. The smallest absolute Gasteiger partial charge is 0.262 e. The van der Waals surface area contributed by atoms with Gasteiger partial charge in [0.2, 0.25) is 20.0 Å². The zero-order valence-corrected chi connectivity index (χ0v) is 33.8. The van der Waals surface area contributed by atoms with E-state index in [9.17, 15) is 16.8 Å². The van der Waals surface area contributed by atoms with Crippen LogP contribution in [0.1, 0.15) is 55.0 Å². The van der Waals surface area contributed by atoms with Crippen molar-refractivity contribution in [3.63, 3.8) is 0 Å². The quantitative estimate of drug-likeness (QED) is 0.230. The minimum Gasteiger partial charge on any atom is -0.495 e. The standard InChI is InChI=1S/C37H48Cl2N6O7S2/c1-4-52-31-25-32(51-2)33(54(49,50)45-17-6-5-7-18-45)24-30(31)37(36(46)44-22-20-43(21-23-44)19-16-40-53(3,47)48)41-34(26-8-12-28(38)13-9-26)35(42-37)27-10-14-29(39)15-11-27/h8-15,24-25,34-35,40-42H,4-7,16-23H2,1-3H3/t34-,35+,37?. The first-order chi connectivity index (χ1) is 25.8. The van der Waals surface area contributed by atoms with Gasteiger partial charge in [0.25, 0.3) is 5.91 Å². The van der Waals surface area contributed by atoms with E-state index in [2.05, 4.69) is 20.3 Å². The molecule has 54 heavy (non-hydrogen) atoms. The zero-order chi connectivity index (χ0) is 38.7. The monoisotopic (exact) mass is 822 g/mol. The molecule has 294 valence electrons. The van der Waals surface area contributed by atoms with Crippen molar-refractivity contribution in [2.75, 3.05) is 72.3 Å². The Morgan fingerprint density at radius 1 is 0.833 bits per heavy atom. The molecule has 13 nitrogen and oxygen atoms in total. The molecule has 0 radical (unpaired) electrons. The first kappa shape index (κ1) is 40.7. The zero-order valence-electron chi connectivity index (χ0n) is 30.7. The summed E-state index contributed by atoms with van der Waals surface area (Å²) in [5.74, 6) is 0.0878. The van der Waals surface area contributed by atoms with Crippen LogP contribution in [0.5, 0.6) is 11.5 Å². The van der Waals surface area contributed by atoms with Crippen molar-refractivity contribution in [3.05, 3.63) is 87.4 Å². The summed E-state index contributed by atoms with van der Waals surface area (Å²) in [6.45, 7) is 5.27. The average molecular weight is 824 g/mol. The molecule has 3 aromatic rings. The number of hydrogen-bond donors (Lipinski definition) is 3. The van der Waals surface area contributed by atoms with Gasteiger partial charge in [-0.15, -0.1) is 0 Å². The van der Waals surface area contributed by atoms with Crippen LogP contribution in [0.4, 0.5) is 0 Å². The molecule has 0 bridgehead atoms. The minimum atomic E-state index is -4.05. The molecule has 3 atom stereocenters. The summed E-state index contributed by atoms with van der Waals surface area (Å²) in [6.07, 6.45) is 3.57. The fourth-order valence-electron chi connectivity index (χ4n) is 7.48. The molecule has 0 aromatic heterocycles. The van der Waals surface area contributed by atoms with Crippen molar-refractivity contribution >= 4 is 49.2 Å². The second-order valence-corrected chi connectivity index (χ2v) is 18.4. The molecule has 0 aliphatic carbocycles. The molecule has 1 unspecified atom stereocenters. The molecular weight excluding hydrogens is 775 g/mol. The number of rotatable bonds is 13. The largest absolute Gasteiger partial charge is 0.495 e. The maximum absolute atomic E-state index is 15.4. The van der Waals surface area contributed by atoms with Crippen molar-refractivity contribution in [1.29, 1.82) is 0 Å². The van der Waals surface area contributed by atoms with Crippen molar-refractivity contribution in [3.8, 4) is 11.5 Å². The molecule has 3 aliphatic rings. The number of ether oxygens (including phenoxy) is 2. The second kappa shape index (κ2) is 17.0. The van der Waals surface area contributed by atoms with Crippen molar-refractivity contribution in [1.82, 2.24) is 29.5 Å². The molecule has 1 amide bonds. The van der Waals surface area contributed by atoms with Crippen molar-refractivity contribution < 1.29 is 31.1 Å². The Balaban J connectivity index is 1.49. The van der Waals surface area contributed by atoms with Gasteiger partial charge >= 0.3 is 0 Å². The van der Waals surface area contributed by atoms with Crippen molar-refractivity contribution in [2.45, 2.75) is 48.8 Å². The number of hydrogen-bond acceptors (Lipinski definition) is 10. The number of methoxy groups -OCH3 is 1. The van der Waals surface area contributed by atoms with Gasteiger partial charge in [-0.2, -0.15) is 4.31 Å². The van der Waals surface area contributed by atoms with Gasteiger partial charge in [0.15, 0.2) is 5.66 Å². The van der Waals surface area contributed by atoms with Crippen LogP contribution in [0.25, 0.3) is 0 Å². The molecule has 6 rings (SSSR count). The molecule has 3 saturated heterocycles. The van der Waals surface area contributed by atoms with E-state index in [1.807, 2.05) is 31.2 Å². The number of nitrogens with one attached hydrogen (secondary N) is 3. The average Bonchev–Trinajstić information content (AvgIpc) is 3.57. The number of nitrogens with zero attached hydrogens (tertiary/aromatic N) is 3. The lowest BCUT2D eigenvalue weighted by Gasteiger charge is -2.41. The van der Waals surface area contributed by atoms with E-state index in [4.69, 9.17) is 32.7 Å². The van der Waals surface area contributed by atoms with Crippen LogP contribution in [0, 0.1) is 0 Å². The molecule has 3 fully saturated rings. The Bertz CT molecular complexity index is 1950. The molecular formula is C37H48Cl2N6O7S2. The number of carbonyl (C=O) groups excluding carboxylic acids is 1. The highest BCUT2D eigenvalue weighted by molar-refractivity contribution is 7.89. The lowest BCUT2D eigenvalue weighted by molar-refractivity contribution is -0.141. The fourth-order valence-corrected chi connectivity index (χ4v) is 9.87. The second-order valence-electron chi connectivity index (χ2n) is 13.8. The first-order valence-electron chi connectivity index (χ1n) is 18.1. The van der Waals surface area contributed by atoms with E-state index in [-0.39, 0.29) is 35.5 Å². The van der Waals surface area contributed by atoms with Crippen LogP contribution in [0.15, 0.2) is 65.6 Å². The van der Waals surface area contributed by atoms with Gasteiger partial charge in [0, 0.05) is 74.0 Å². The topological polar surface area (TPSA) is 150 Å². The molecule has 0 spiro atoms. The van der Waals surface area contributed by atoms with E-state index in [0.717, 1.165) is 36.6 Å². The third kappa shape index (κ3) is 8.85. The number of sulfonamides is 2. The Morgan fingerprint density at radius 2 is 1.39 bits per heavy atom. The van der Waals surface area contributed by atoms with E-state index in [1.165, 1.54) is 17.5 Å². The number of amides is 1. The Hall–Kier alpha value is -2.99. The van der Waals surface area contributed by atoms with Gasteiger partial charge in [-0.05, 0) is 61.2 Å². The van der Waals surface area contributed by atoms with Crippen LogP contribution in [-0.2, 0) is 30.5 Å². The summed E-state index contributed by atoms with van der Waals surface area (Å²) >= 11 is 12.7. The van der Waals surface area contributed by atoms with E-state index in [0.29, 0.717) is 61.4 Å². The Morgan fingerprint density at radius 3 is 1.89 bits per heavy atom. The predicted molar refractivity (Wildman–Crippen MR) is 209 cm³/mol. The SMILES string of the molecule is CCOc1cc(OC)c(S(=O)(=O)N2CCCCC2)cc1C1(C(=O)N2CCN(CCNS(C)(=O)=O)CC2)N[C@H](c2ccc(Cl)cc2)[C@H](c2ccc(Cl)cc2)N1. The van der Waals surface area contributed by atoms with E-state index >= 15 is 4.79 Å². The molecule has 3 N–H and O–H groups in total. The van der Waals surface area contributed by atoms with E-state index < -0.39 is 37.8 Å². The normalized spacial score (nSPS) is 23.0. The minimum absolute atomic E-state index is 0.0534. The number of carbonyl (C=O) groups is 1. The van der Waals surface area contributed by atoms with Gasteiger partial charge in [0.1, 0.15) is 16.4 Å². The maximum Gasteiger partial charge on any atom is 0.262 e. The van der Waals surface area contributed by atoms with Crippen LogP contribution < -0.4 is 24.8 Å². The van der Waals surface area contributed by atoms with Gasteiger partial charge < -0.3 is 14.4 Å². The summed E-state index contributed by atoms with van der Waals surface area (Å²) in [5.41, 5.74) is 0.299. The Labute approximate surface area is 328 Å². The predicted octanol–water partition coefficient (Wildman–Crippen LogP) is 4.10. The highest BCUT2D eigenvalue weighted by Crippen LogP contribution is 2.47. The Kier molecular flexibility index (Phi) is 12.8. The van der Waals surface area contributed by atoms with Gasteiger partial charge in [0.05, 0.1) is 32.1 Å². The first-order valence-corrected chi connectivity index (χ1v) is 22.2. The number of piperazine rings is 1. The number of benzene rings is 3. The fraction of sp³-hybridized carbons (Fsp3) is 0.486. The van der Waals surface area contributed by atoms with E-state index in [1.54, 1.807) is 35.2 Å². The summed E-state index contributed by atoms with van der Waals surface area (Å²) in [5, 5.41) is 8.46. The van der Waals surface area contributed by atoms with Crippen molar-refractivity contribution in [2.24, 2.45) is 0 Å². The van der Waals surface area contributed by atoms with Gasteiger partial charge in [-0.1, -0.05) is 53.9 Å². The summed E-state index contributed by atoms with van der Waals surface area (Å²) in [7, 11) is -5.96. The number of piperidine rings is 1. The van der Waals surface area contributed by atoms with Crippen LogP contribution in [0.3, 0.4) is 0 Å². The third-order valence-electron chi connectivity index (χ3n) is 10.2. The van der Waals surface area contributed by atoms with Crippen LogP contribution in [-0.4, -0.2) is 109 Å². The lowest BCUT2D eigenvalue weighted by atomic mass is 9.95. The highest BCUT2D eigenvalue weighted by atomic mass is 35.5. The summed E-state index contributed by atoms with van der Waals surface area (Å²) in [4.78, 5) is 19.2. The highest BCUT2D eigenvalue weighted by Gasteiger charge is 2.55. The number of halogens is 2. The third-order valence-corrected chi connectivity index (χ3v) is 13.4. The molecule has 3 aromatic carbocycles. The molecule has 0 saturated carbocycles.